The van der Waals surface area contributed by atoms with Crippen molar-refractivity contribution in [2.75, 3.05) is 13.2 Å². The van der Waals surface area contributed by atoms with Gasteiger partial charge in [0.25, 0.3) is 0 Å². The highest BCUT2D eigenvalue weighted by Gasteiger charge is 2.19. The zero-order chi connectivity index (χ0) is 43.0. The first kappa shape index (κ1) is 56.4. The molecule has 0 heterocycles. The Kier molecular flexibility index (Phi) is 45.9. The molecule has 0 aromatic carbocycles. The van der Waals surface area contributed by atoms with E-state index in [4.69, 9.17) is 14.2 Å². The predicted molar refractivity (Wildman–Crippen MR) is 252 cm³/mol. The quantitative estimate of drug-likeness (QED) is 0.0263. The van der Waals surface area contributed by atoms with Gasteiger partial charge in [0.2, 0.25) is 0 Å². The van der Waals surface area contributed by atoms with Gasteiger partial charge in [-0.3, -0.25) is 14.4 Å². The smallest absolute Gasteiger partial charge is 0.306 e. The Labute approximate surface area is 365 Å². The number of esters is 3. The van der Waals surface area contributed by atoms with E-state index in [0.717, 1.165) is 70.6 Å². The van der Waals surface area contributed by atoms with Gasteiger partial charge in [-0.05, 0) is 38.5 Å². The molecule has 0 bridgehead atoms. The van der Waals surface area contributed by atoms with E-state index in [1.807, 2.05) is 36.5 Å². The van der Waals surface area contributed by atoms with Crippen molar-refractivity contribution in [1.82, 2.24) is 0 Å². The summed E-state index contributed by atoms with van der Waals surface area (Å²) in [7, 11) is 0. The molecule has 0 aliphatic rings. The molecule has 59 heavy (non-hydrogen) atoms. The molecule has 0 fully saturated rings. The highest BCUT2D eigenvalue weighted by molar-refractivity contribution is 5.71. The molecule has 0 saturated carbocycles. The molecular weight excluding hydrogens is 733 g/mol. The molecule has 0 aliphatic heterocycles. The number of unbranched alkanes of at least 4 members (excludes halogenated alkanes) is 29. The van der Waals surface area contributed by atoms with Gasteiger partial charge in [0.15, 0.2) is 6.10 Å². The summed E-state index contributed by atoms with van der Waals surface area (Å²) in [5.41, 5.74) is 0. The molecule has 0 aromatic heterocycles. The summed E-state index contributed by atoms with van der Waals surface area (Å²) >= 11 is 0. The summed E-state index contributed by atoms with van der Waals surface area (Å²) in [6.45, 7) is 6.48. The lowest BCUT2D eigenvalue weighted by atomic mass is 10.0. The Morgan fingerprint density at radius 2 is 0.661 bits per heavy atom. The zero-order valence-electron chi connectivity index (χ0n) is 39.0. The fraction of sp³-hybridized carbons (Fsp3) is 0.792. The summed E-state index contributed by atoms with van der Waals surface area (Å²) in [5, 5.41) is 0. The fourth-order valence-corrected chi connectivity index (χ4v) is 7.16. The molecule has 0 aliphatic carbocycles. The molecule has 0 saturated heterocycles. The molecule has 6 nitrogen and oxygen atoms in total. The van der Waals surface area contributed by atoms with Gasteiger partial charge in [-0.2, -0.15) is 0 Å². The Bertz CT molecular complexity index is 1040. The second-order valence-electron chi connectivity index (χ2n) is 16.8. The minimum atomic E-state index is -0.788. The van der Waals surface area contributed by atoms with Crippen LogP contribution in [0.3, 0.4) is 0 Å². The van der Waals surface area contributed by atoms with E-state index in [0.29, 0.717) is 12.8 Å². The van der Waals surface area contributed by atoms with E-state index in [1.54, 1.807) is 0 Å². The van der Waals surface area contributed by atoms with Crippen molar-refractivity contribution in [2.45, 2.75) is 258 Å². The van der Waals surface area contributed by atoms with Crippen LogP contribution >= 0.6 is 0 Å². The molecule has 342 valence electrons. The van der Waals surface area contributed by atoms with Gasteiger partial charge in [-0.25, -0.2) is 0 Å². The second-order valence-corrected chi connectivity index (χ2v) is 16.8. The van der Waals surface area contributed by atoms with Crippen LogP contribution in [0.15, 0.2) is 48.6 Å². The van der Waals surface area contributed by atoms with E-state index < -0.39 is 6.10 Å². The molecule has 1 unspecified atom stereocenters. The summed E-state index contributed by atoms with van der Waals surface area (Å²) in [4.78, 5) is 37.9. The minimum Gasteiger partial charge on any atom is -0.462 e. The third-order valence-electron chi connectivity index (χ3n) is 10.9. The molecule has 0 spiro atoms. The number of carbonyl (C=O) groups is 3. The molecule has 6 heteroatoms. The number of allylic oxidation sites excluding steroid dienone is 8. The normalized spacial score (nSPS) is 12.4. The maximum atomic E-state index is 12.7. The zero-order valence-corrected chi connectivity index (χ0v) is 39.0. The van der Waals surface area contributed by atoms with Crippen LogP contribution in [-0.4, -0.2) is 37.2 Å². The Morgan fingerprint density at radius 1 is 0.356 bits per heavy atom. The predicted octanol–water partition coefficient (Wildman–Crippen LogP) is 16.3. The van der Waals surface area contributed by atoms with Crippen LogP contribution in [0.2, 0.25) is 0 Å². The van der Waals surface area contributed by atoms with Gasteiger partial charge in [-0.1, -0.05) is 243 Å². The van der Waals surface area contributed by atoms with Crippen LogP contribution in [0, 0.1) is 0 Å². The van der Waals surface area contributed by atoms with E-state index in [2.05, 4.69) is 32.9 Å². The van der Waals surface area contributed by atoms with Crippen LogP contribution in [0.1, 0.15) is 252 Å². The van der Waals surface area contributed by atoms with Gasteiger partial charge in [0, 0.05) is 19.3 Å². The van der Waals surface area contributed by atoms with E-state index in [1.165, 1.54) is 141 Å². The highest BCUT2D eigenvalue weighted by Crippen LogP contribution is 2.16. The van der Waals surface area contributed by atoms with Crippen LogP contribution in [0.5, 0.6) is 0 Å². The fourth-order valence-electron chi connectivity index (χ4n) is 7.16. The average molecular weight is 827 g/mol. The second kappa shape index (κ2) is 48.0. The van der Waals surface area contributed by atoms with Crippen LogP contribution in [0.4, 0.5) is 0 Å². The lowest BCUT2D eigenvalue weighted by molar-refractivity contribution is -0.167. The van der Waals surface area contributed by atoms with E-state index >= 15 is 0 Å². The summed E-state index contributed by atoms with van der Waals surface area (Å²) in [6, 6.07) is 0. The van der Waals surface area contributed by atoms with E-state index in [9.17, 15) is 14.4 Å². The van der Waals surface area contributed by atoms with Gasteiger partial charge in [-0.15, -0.1) is 0 Å². The number of rotatable bonds is 45. The maximum Gasteiger partial charge on any atom is 0.306 e. The van der Waals surface area contributed by atoms with Gasteiger partial charge in [0.1, 0.15) is 13.2 Å². The number of hydrogen-bond donors (Lipinski definition) is 0. The van der Waals surface area contributed by atoms with Crippen molar-refractivity contribution < 1.29 is 28.6 Å². The number of carbonyl (C=O) groups excluding carboxylic acids is 3. The Morgan fingerprint density at radius 3 is 1.03 bits per heavy atom. The Hall–Kier alpha value is -2.63. The lowest BCUT2D eigenvalue weighted by Gasteiger charge is -2.18. The largest absolute Gasteiger partial charge is 0.462 e. The van der Waals surface area contributed by atoms with Gasteiger partial charge >= 0.3 is 17.9 Å². The van der Waals surface area contributed by atoms with Crippen molar-refractivity contribution in [3.63, 3.8) is 0 Å². The molecule has 0 N–H and O–H groups in total. The molecular formula is C53H94O6. The maximum absolute atomic E-state index is 12.7. The van der Waals surface area contributed by atoms with Gasteiger partial charge in [0.05, 0.1) is 0 Å². The minimum absolute atomic E-state index is 0.0856. The molecule has 1 atom stereocenters. The number of hydrogen-bond acceptors (Lipinski definition) is 6. The van der Waals surface area contributed by atoms with Crippen molar-refractivity contribution >= 4 is 17.9 Å². The van der Waals surface area contributed by atoms with E-state index in [-0.39, 0.29) is 37.5 Å². The molecule has 0 rings (SSSR count). The lowest BCUT2D eigenvalue weighted by Crippen LogP contribution is -2.30. The third-order valence-corrected chi connectivity index (χ3v) is 10.9. The van der Waals surface area contributed by atoms with Crippen molar-refractivity contribution in [1.29, 1.82) is 0 Å². The standard InChI is InChI=1S/C53H94O6/c1-4-7-10-13-16-19-22-25-26-29-31-34-37-40-43-46-52(55)58-49-50(59-53(56)47-44-41-38-35-32-28-24-21-18-15-12-9-6-3)48-57-51(54)45-42-39-36-33-30-27-23-20-17-14-11-8-5-2/h9,12,15,18,21,24,28,32,50H,4-8,10-11,13-14,16-17,19-20,22-23,25-27,29-31,33-49H2,1-3H3/b12-9-,18-15-,24-21-,32-28-. The van der Waals surface area contributed by atoms with Crippen molar-refractivity contribution in [3.8, 4) is 0 Å². The van der Waals surface area contributed by atoms with Crippen molar-refractivity contribution in [3.05, 3.63) is 48.6 Å². The summed E-state index contributed by atoms with van der Waals surface area (Å²) in [6.07, 6.45) is 56.6. The summed E-state index contributed by atoms with van der Waals surface area (Å²) in [5.74, 6) is -0.916. The van der Waals surface area contributed by atoms with Crippen LogP contribution in [0.25, 0.3) is 0 Å². The Balaban J connectivity index is 4.40. The third kappa shape index (κ3) is 46.3. The highest BCUT2D eigenvalue weighted by atomic mass is 16.6. The first-order valence-electron chi connectivity index (χ1n) is 25.2. The molecule has 0 amide bonds. The summed E-state index contributed by atoms with van der Waals surface area (Å²) < 4.78 is 16.7. The van der Waals surface area contributed by atoms with Crippen LogP contribution in [-0.2, 0) is 28.6 Å². The number of ether oxygens (including phenoxy) is 3. The SMILES string of the molecule is CC\C=C/C=C\C=C/C=C\CCCCCC(=O)OC(COC(=O)CCCCCCCCCCCCCCC)COC(=O)CCCCCCCCCCCCCCCCC. The first-order chi connectivity index (χ1) is 29.0. The van der Waals surface area contributed by atoms with Crippen molar-refractivity contribution in [2.24, 2.45) is 0 Å². The molecule has 0 radical (unpaired) electrons. The molecule has 0 aromatic rings. The van der Waals surface area contributed by atoms with Crippen LogP contribution < -0.4 is 0 Å². The topological polar surface area (TPSA) is 78.9 Å². The monoisotopic (exact) mass is 827 g/mol. The average Bonchev–Trinajstić information content (AvgIpc) is 3.23. The van der Waals surface area contributed by atoms with Gasteiger partial charge < -0.3 is 14.2 Å². The first-order valence-corrected chi connectivity index (χ1v) is 25.2.